The van der Waals surface area contributed by atoms with Gasteiger partial charge < -0.3 is 10.6 Å². The topological polar surface area (TPSA) is 49.6 Å². The SMILES string of the molecule is CCN(CC1CCN(Cc2ccccc2)C1)C(=O)C1(N)CC1. The molecular weight excluding hydrogens is 274 g/mol. The van der Waals surface area contributed by atoms with Crippen LogP contribution in [-0.2, 0) is 11.3 Å². The van der Waals surface area contributed by atoms with E-state index in [0.29, 0.717) is 5.92 Å². The van der Waals surface area contributed by atoms with Crippen LogP contribution in [-0.4, -0.2) is 47.4 Å². The smallest absolute Gasteiger partial charge is 0.242 e. The average Bonchev–Trinajstić information content (AvgIpc) is 3.14. The molecule has 1 aromatic rings. The van der Waals surface area contributed by atoms with Crippen LogP contribution in [0.25, 0.3) is 0 Å². The number of hydrogen-bond donors (Lipinski definition) is 1. The molecule has 2 N–H and O–H groups in total. The summed E-state index contributed by atoms with van der Waals surface area (Å²) in [6, 6.07) is 10.6. The van der Waals surface area contributed by atoms with Gasteiger partial charge in [-0.2, -0.15) is 0 Å². The van der Waals surface area contributed by atoms with Crippen molar-refractivity contribution in [1.29, 1.82) is 0 Å². The van der Waals surface area contributed by atoms with E-state index < -0.39 is 5.54 Å². The zero-order valence-corrected chi connectivity index (χ0v) is 13.5. The lowest BCUT2D eigenvalue weighted by atomic mass is 10.1. The molecule has 0 spiro atoms. The predicted molar refractivity (Wildman–Crippen MR) is 88.2 cm³/mol. The summed E-state index contributed by atoms with van der Waals surface area (Å²) in [5.41, 5.74) is 6.91. The fourth-order valence-corrected chi connectivity index (χ4v) is 3.38. The van der Waals surface area contributed by atoms with Crippen LogP contribution in [0, 0.1) is 5.92 Å². The molecule has 22 heavy (non-hydrogen) atoms. The highest BCUT2D eigenvalue weighted by Crippen LogP contribution is 2.34. The first-order chi connectivity index (χ1) is 10.6. The molecule has 4 heteroatoms. The highest BCUT2D eigenvalue weighted by molar-refractivity contribution is 5.89. The standard InChI is InChI=1S/C18H27N3O/c1-2-21(17(22)18(19)9-10-18)14-16-8-11-20(13-16)12-15-6-4-3-5-7-15/h3-7,16H,2,8-14,19H2,1H3. The molecule has 1 amide bonds. The Kier molecular flexibility index (Phi) is 4.50. The Morgan fingerprint density at radius 1 is 1.36 bits per heavy atom. The summed E-state index contributed by atoms with van der Waals surface area (Å²) in [6.07, 6.45) is 2.88. The van der Waals surface area contributed by atoms with Crippen molar-refractivity contribution < 1.29 is 4.79 Å². The van der Waals surface area contributed by atoms with Crippen LogP contribution in [0.4, 0.5) is 0 Å². The zero-order valence-electron chi connectivity index (χ0n) is 13.5. The number of carbonyl (C=O) groups is 1. The van der Waals surface area contributed by atoms with Gasteiger partial charge in [0.15, 0.2) is 0 Å². The zero-order chi connectivity index (χ0) is 15.6. The van der Waals surface area contributed by atoms with Crippen LogP contribution >= 0.6 is 0 Å². The number of amides is 1. The maximum atomic E-state index is 12.4. The second-order valence-electron chi connectivity index (χ2n) is 6.88. The molecule has 1 aliphatic heterocycles. The van der Waals surface area contributed by atoms with E-state index >= 15 is 0 Å². The molecule has 2 fully saturated rings. The second kappa shape index (κ2) is 6.39. The van der Waals surface area contributed by atoms with Crippen LogP contribution in [0.3, 0.4) is 0 Å². The van der Waals surface area contributed by atoms with Crippen LogP contribution < -0.4 is 5.73 Å². The molecule has 1 unspecified atom stereocenters. The summed E-state index contributed by atoms with van der Waals surface area (Å²) in [5, 5.41) is 0. The minimum Gasteiger partial charge on any atom is -0.341 e. The van der Waals surface area contributed by atoms with Crippen molar-refractivity contribution >= 4 is 5.91 Å². The Balaban J connectivity index is 1.50. The monoisotopic (exact) mass is 301 g/mol. The highest BCUT2D eigenvalue weighted by Gasteiger charge is 2.48. The summed E-state index contributed by atoms with van der Waals surface area (Å²) in [5.74, 6) is 0.742. The van der Waals surface area contributed by atoms with Gasteiger partial charge in [-0.15, -0.1) is 0 Å². The van der Waals surface area contributed by atoms with Crippen molar-refractivity contribution in [3.8, 4) is 0 Å². The molecule has 1 saturated heterocycles. The van der Waals surface area contributed by atoms with Gasteiger partial charge in [0.2, 0.25) is 5.91 Å². The number of likely N-dealkylation sites (tertiary alicyclic amines) is 1. The van der Waals surface area contributed by atoms with Crippen molar-refractivity contribution in [2.45, 2.75) is 38.3 Å². The third-order valence-electron chi connectivity index (χ3n) is 4.98. The third-order valence-corrected chi connectivity index (χ3v) is 4.98. The van der Waals surface area contributed by atoms with Gasteiger partial charge >= 0.3 is 0 Å². The van der Waals surface area contributed by atoms with E-state index in [1.54, 1.807) is 0 Å². The van der Waals surface area contributed by atoms with Crippen LogP contribution in [0.15, 0.2) is 30.3 Å². The first-order valence-corrected chi connectivity index (χ1v) is 8.45. The van der Waals surface area contributed by atoms with E-state index in [1.165, 1.54) is 12.0 Å². The van der Waals surface area contributed by atoms with Crippen molar-refractivity contribution in [3.63, 3.8) is 0 Å². The Morgan fingerprint density at radius 3 is 2.73 bits per heavy atom. The van der Waals surface area contributed by atoms with E-state index in [1.807, 2.05) is 4.90 Å². The molecule has 1 aliphatic carbocycles. The third kappa shape index (κ3) is 3.50. The summed E-state index contributed by atoms with van der Waals surface area (Å²) in [7, 11) is 0. The van der Waals surface area contributed by atoms with Gasteiger partial charge in [0.1, 0.15) is 0 Å². The van der Waals surface area contributed by atoms with Crippen LogP contribution in [0.2, 0.25) is 0 Å². The molecule has 1 aromatic carbocycles. The minimum absolute atomic E-state index is 0.163. The summed E-state index contributed by atoms with van der Waals surface area (Å²) >= 11 is 0. The highest BCUT2D eigenvalue weighted by atomic mass is 16.2. The van der Waals surface area contributed by atoms with E-state index in [-0.39, 0.29) is 5.91 Å². The van der Waals surface area contributed by atoms with Gasteiger partial charge in [0.25, 0.3) is 0 Å². The van der Waals surface area contributed by atoms with Gasteiger partial charge in [-0.25, -0.2) is 0 Å². The molecule has 0 aromatic heterocycles. The molecular formula is C18H27N3O. The number of benzene rings is 1. The summed E-state index contributed by atoms with van der Waals surface area (Å²) < 4.78 is 0. The number of carbonyl (C=O) groups excluding carboxylic acids is 1. The maximum Gasteiger partial charge on any atom is 0.242 e. The first kappa shape index (κ1) is 15.5. The molecule has 3 rings (SSSR count). The lowest BCUT2D eigenvalue weighted by Crippen LogP contribution is -2.47. The molecule has 2 aliphatic rings. The number of likely N-dealkylation sites (N-methyl/N-ethyl adjacent to an activating group) is 1. The molecule has 0 radical (unpaired) electrons. The number of nitrogens with two attached hydrogens (primary N) is 1. The molecule has 120 valence electrons. The number of nitrogens with zero attached hydrogens (tertiary/aromatic N) is 2. The molecule has 4 nitrogen and oxygen atoms in total. The normalized spacial score (nSPS) is 23.5. The lowest BCUT2D eigenvalue weighted by Gasteiger charge is -2.27. The molecule has 0 bridgehead atoms. The Labute approximate surface area is 133 Å². The minimum atomic E-state index is -0.529. The quantitative estimate of drug-likeness (QED) is 0.872. The number of rotatable bonds is 6. The predicted octanol–water partition coefficient (Wildman–Crippen LogP) is 1.85. The van der Waals surface area contributed by atoms with Gasteiger partial charge in [-0.05, 0) is 44.2 Å². The fourth-order valence-electron chi connectivity index (χ4n) is 3.38. The van der Waals surface area contributed by atoms with Crippen molar-refractivity contribution in [3.05, 3.63) is 35.9 Å². The first-order valence-electron chi connectivity index (χ1n) is 8.45. The number of hydrogen-bond acceptors (Lipinski definition) is 3. The van der Waals surface area contributed by atoms with Crippen LogP contribution in [0.5, 0.6) is 0 Å². The van der Waals surface area contributed by atoms with E-state index in [2.05, 4.69) is 42.2 Å². The summed E-state index contributed by atoms with van der Waals surface area (Å²) in [6.45, 7) is 6.90. The Hall–Kier alpha value is -1.39. The van der Waals surface area contributed by atoms with E-state index in [4.69, 9.17) is 5.73 Å². The average molecular weight is 301 g/mol. The Morgan fingerprint density at radius 2 is 2.09 bits per heavy atom. The second-order valence-corrected chi connectivity index (χ2v) is 6.88. The molecule has 1 heterocycles. The van der Waals surface area contributed by atoms with Crippen molar-refractivity contribution in [2.24, 2.45) is 11.7 Å². The Bertz CT molecular complexity index is 512. The van der Waals surface area contributed by atoms with Gasteiger partial charge in [-0.3, -0.25) is 9.69 Å². The van der Waals surface area contributed by atoms with Gasteiger partial charge in [-0.1, -0.05) is 30.3 Å². The van der Waals surface area contributed by atoms with Gasteiger partial charge in [0.05, 0.1) is 5.54 Å². The lowest BCUT2D eigenvalue weighted by molar-refractivity contribution is -0.134. The van der Waals surface area contributed by atoms with E-state index in [9.17, 15) is 4.79 Å². The maximum absolute atomic E-state index is 12.4. The van der Waals surface area contributed by atoms with Crippen molar-refractivity contribution in [1.82, 2.24) is 9.80 Å². The van der Waals surface area contributed by atoms with Gasteiger partial charge in [0, 0.05) is 26.2 Å². The molecule has 1 saturated carbocycles. The largest absolute Gasteiger partial charge is 0.341 e. The van der Waals surface area contributed by atoms with Crippen molar-refractivity contribution in [2.75, 3.05) is 26.2 Å². The van der Waals surface area contributed by atoms with Crippen LogP contribution in [0.1, 0.15) is 31.7 Å². The molecule has 1 atom stereocenters. The fraction of sp³-hybridized carbons (Fsp3) is 0.611. The summed E-state index contributed by atoms with van der Waals surface area (Å²) in [4.78, 5) is 16.9. The van der Waals surface area contributed by atoms with E-state index in [0.717, 1.165) is 45.6 Å².